The second-order valence-electron chi connectivity index (χ2n) is 4.81. The van der Waals surface area contributed by atoms with Gasteiger partial charge in [-0.3, -0.25) is 9.59 Å². The molecule has 0 radical (unpaired) electrons. The number of nitrogens with zero attached hydrogens (tertiary/aromatic N) is 2. The molecule has 1 aromatic carbocycles. The Bertz CT molecular complexity index is 669. The number of amidine groups is 1. The molecule has 3 rings (SSSR count). The van der Waals surface area contributed by atoms with E-state index < -0.39 is 5.82 Å². The highest BCUT2D eigenvalue weighted by Gasteiger charge is 2.27. The van der Waals surface area contributed by atoms with Gasteiger partial charge in [-0.05, 0) is 48.9 Å². The number of benzene rings is 1. The Hall–Kier alpha value is -2.35. The van der Waals surface area contributed by atoms with Crippen LogP contribution in [0, 0.1) is 5.82 Å². The van der Waals surface area contributed by atoms with Crippen molar-refractivity contribution >= 4 is 35.4 Å². The molecule has 2 aliphatic rings. The summed E-state index contributed by atoms with van der Waals surface area (Å²) in [5, 5.41) is 17.3. The molecule has 23 heavy (non-hydrogen) atoms. The maximum atomic E-state index is 13.2. The summed E-state index contributed by atoms with van der Waals surface area (Å²) in [6, 6.07) is 3.64. The van der Waals surface area contributed by atoms with Crippen molar-refractivity contribution < 1.29 is 24.2 Å². The molecular weight excluding hydrogens is 323 g/mol. The lowest BCUT2D eigenvalue weighted by atomic mass is 10.2. The maximum Gasteiger partial charge on any atom is 0.290 e. The van der Waals surface area contributed by atoms with Crippen LogP contribution in [-0.4, -0.2) is 45.7 Å². The molecule has 1 fully saturated rings. The zero-order valence-corrected chi connectivity index (χ0v) is 12.9. The van der Waals surface area contributed by atoms with E-state index in [-0.39, 0.29) is 18.1 Å². The first-order chi connectivity index (χ1) is 11.0. The Morgan fingerprint density at radius 3 is 2.61 bits per heavy atom. The molecule has 0 aliphatic carbocycles. The maximum absolute atomic E-state index is 13.2. The van der Waals surface area contributed by atoms with Crippen molar-refractivity contribution in [3.05, 3.63) is 34.5 Å². The summed E-state index contributed by atoms with van der Waals surface area (Å²) in [6.07, 6.45) is 3.70. The number of amides is 1. The summed E-state index contributed by atoms with van der Waals surface area (Å²) in [5.41, 5.74) is 0.290. The van der Waals surface area contributed by atoms with Crippen molar-refractivity contribution in [1.82, 2.24) is 4.90 Å². The fourth-order valence-corrected chi connectivity index (χ4v) is 3.18. The van der Waals surface area contributed by atoms with Gasteiger partial charge in [0, 0.05) is 18.7 Å². The molecule has 1 saturated heterocycles. The SMILES string of the molecule is O=C1N=C(N2CCCC2)S/C1=C\c1cc(F)ccc1O.O=CO. The van der Waals surface area contributed by atoms with Crippen LogP contribution in [0.2, 0.25) is 0 Å². The lowest BCUT2D eigenvalue weighted by molar-refractivity contribution is -0.122. The predicted molar refractivity (Wildman–Crippen MR) is 85.6 cm³/mol. The van der Waals surface area contributed by atoms with Crippen molar-refractivity contribution in [3.63, 3.8) is 0 Å². The Balaban J connectivity index is 0.000000595. The molecule has 6 nitrogen and oxygen atoms in total. The summed E-state index contributed by atoms with van der Waals surface area (Å²) >= 11 is 1.28. The second-order valence-corrected chi connectivity index (χ2v) is 5.82. The van der Waals surface area contributed by atoms with E-state index in [1.54, 1.807) is 0 Å². The van der Waals surface area contributed by atoms with E-state index >= 15 is 0 Å². The van der Waals surface area contributed by atoms with E-state index in [0.29, 0.717) is 15.6 Å². The number of carbonyl (C=O) groups excluding carboxylic acids is 1. The summed E-state index contributed by atoms with van der Waals surface area (Å²) in [4.78, 5) is 26.7. The quantitative estimate of drug-likeness (QED) is 0.603. The molecule has 0 aromatic heterocycles. The van der Waals surface area contributed by atoms with Crippen LogP contribution in [0.15, 0.2) is 28.1 Å². The number of hydrogen-bond donors (Lipinski definition) is 2. The molecule has 2 N–H and O–H groups in total. The molecule has 8 heteroatoms. The van der Waals surface area contributed by atoms with E-state index in [4.69, 9.17) is 9.90 Å². The van der Waals surface area contributed by atoms with Crippen molar-refractivity contribution in [2.45, 2.75) is 12.8 Å². The predicted octanol–water partition coefficient (Wildman–Crippen LogP) is 2.30. The van der Waals surface area contributed by atoms with Crippen molar-refractivity contribution in [2.75, 3.05) is 13.1 Å². The third-order valence-electron chi connectivity index (χ3n) is 3.26. The number of hydrogen-bond acceptors (Lipinski definition) is 5. The highest BCUT2D eigenvalue weighted by molar-refractivity contribution is 8.18. The Morgan fingerprint density at radius 2 is 1.96 bits per heavy atom. The topological polar surface area (TPSA) is 90.2 Å². The number of phenolic OH excluding ortho intramolecular Hbond substituents is 1. The van der Waals surface area contributed by atoms with Crippen LogP contribution in [0.25, 0.3) is 6.08 Å². The van der Waals surface area contributed by atoms with Crippen molar-refractivity contribution in [1.29, 1.82) is 0 Å². The van der Waals surface area contributed by atoms with Crippen molar-refractivity contribution in [2.24, 2.45) is 4.99 Å². The van der Waals surface area contributed by atoms with E-state index in [0.717, 1.165) is 25.9 Å². The summed E-state index contributed by atoms with van der Waals surface area (Å²) in [5.74, 6) is -0.840. The number of likely N-dealkylation sites (tertiary alicyclic amines) is 1. The lowest BCUT2D eigenvalue weighted by Crippen LogP contribution is -2.23. The van der Waals surface area contributed by atoms with Gasteiger partial charge >= 0.3 is 0 Å². The number of aromatic hydroxyl groups is 1. The van der Waals surface area contributed by atoms with Gasteiger partial charge in [0.1, 0.15) is 11.6 Å². The van der Waals surface area contributed by atoms with E-state index in [1.807, 2.05) is 0 Å². The molecule has 0 atom stereocenters. The van der Waals surface area contributed by atoms with Gasteiger partial charge in [-0.2, -0.15) is 4.99 Å². The number of halogens is 1. The van der Waals surface area contributed by atoms with Gasteiger partial charge in [-0.25, -0.2) is 4.39 Å². The molecule has 0 saturated carbocycles. The fourth-order valence-electron chi connectivity index (χ4n) is 2.22. The van der Waals surface area contributed by atoms with Gasteiger partial charge < -0.3 is 15.1 Å². The molecule has 0 bridgehead atoms. The van der Waals surface area contributed by atoms with Crippen LogP contribution in [0.1, 0.15) is 18.4 Å². The molecule has 1 aromatic rings. The monoisotopic (exact) mass is 338 g/mol. The Kier molecular flexibility index (Phi) is 5.75. The minimum absolute atomic E-state index is 0.0538. The first kappa shape index (κ1) is 17.0. The third-order valence-corrected chi connectivity index (χ3v) is 4.31. The van der Waals surface area contributed by atoms with Crippen LogP contribution >= 0.6 is 11.8 Å². The average Bonchev–Trinajstić information content (AvgIpc) is 3.14. The van der Waals surface area contributed by atoms with Crippen LogP contribution < -0.4 is 0 Å². The first-order valence-corrected chi connectivity index (χ1v) is 7.70. The Labute approximate surface area is 136 Å². The first-order valence-electron chi connectivity index (χ1n) is 6.89. The van der Waals surface area contributed by atoms with Crippen molar-refractivity contribution in [3.8, 4) is 5.75 Å². The average molecular weight is 338 g/mol. The molecule has 2 aliphatic heterocycles. The van der Waals surface area contributed by atoms with Gasteiger partial charge in [0.25, 0.3) is 12.4 Å². The normalized spacial score (nSPS) is 18.7. The largest absolute Gasteiger partial charge is 0.507 e. The zero-order chi connectivity index (χ0) is 16.8. The number of carbonyl (C=O) groups is 2. The minimum Gasteiger partial charge on any atom is -0.507 e. The number of aliphatic imine (C=N–C) groups is 1. The van der Waals surface area contributed by atoms with Gasteiger partial charge in [-0.15, -0.1) is 0 Å². The lowest BCUT2D eigenvalue weighted by Gasteiger charge is -2.14. The zero-order valence-electron chi connectivity index (χ0n) is 12.1. The molecule has 2 heterocycles. The van der Waals surface area contributed by atoms with E-state index in [2.05, 4.69) is 9.89 Å². The number of carboxylic acid groups (broad SMARTS) is 1. The standard InChI is InChI=1S/C14H13FN2O2S.CH2O2/c15-10-3-4-11(18)9(7-10)8-12-13(19)16-14(20-12)17-5-1-2-6-17;2-1-3/h3-4,7-8,18H,1-2,5-6H2;1H,(H,2,3)/b12-8-;. The smallest absolute Gasteiger partial charge is 0.290 e. The fraction of sp³-hybridized carbons (Fsp3) is 0.267. The number of phenols is 1. The number of thioether (sulfide) groups is 1. The minimum atomic E-state index is -0.453. The Morgan fingerprint density at radius 1 is 1.30 bits per heavy atom. The van der Waals surface area contributed by atoms with Crippen LogP contribution in [-0.2, 0) is 9.59 Å². The molecule has 1 amide bonds. The highest BCUT2D eigenvalue weighted by Crippen LogP contribution is 2.33. The molecule has 0 unspecified atom stereocenters. The van der Waals surface area contributed by atoms with E-state index in [1.165, 1.54) is 36.0 Å². The van der Waals surface area contributed by atoms with Gasteiger partial charge in [0.2, 0.25) is 0 Å². The van der Waals surface area contributed by atoms with Crippen LogP contribution in [0.3, 0.4) is 0 Å². The van der Waals surface area contributed by atoms with Gasteiger partial charge in [0.15, 0.2) is 5.17 Å². The van der Waals surface area contributed by atoms with E-state index in [9.17, 15) is 14.3 Å². The van der Waals surface area contributed by atoms with Gasteiger partial charge in [0.05, 0.1) is 4.91 Å². The summed E-state index contributed by atoms with van der Waals surface area (Å²) < 4.78 is 13.2. The number of rotatable bonds is 1. The third kappa shape index (κ3) is 4.32. The van der Waals surface area contributed by atoms with Gasteiger partial charge in [-0.1, -0.05) is 0 Å². The second kappa shape index (κ2) is 7.77. The molecule has 0 spiro atoms. The summed E-state index contributed by atoms with van der Waals surface area (Å²) in [7, 11) is 0. The molecule has 122 valence electrons. The highest BCUT2D eigenvalue weighted by atomic mass is 32.2. The van der Waals surface area contributed by atoms with Crippen LogP contribution in [0.5, 0.6) is 5.75 Å². The van der Waals surface area contributed by atoms with Crippen LogP contribution in [0.4, 0.5) is 4.39 Å². The molecular formula is C15H15FN2O4S. The summed E-state index contributed by atoms with van der Waals surface area (Å²) in [6.45, 7) is 1.58.